The molecular weight excluding hydrogens is 385 g/mol. The molecule has 0 saturated carbocycles. The largest absolute Gasteiger partial charge is 0.494 e. The van der Waals surface area contributed by atoms with E-state index in [1.807, 2.05) is 6.92 Å². The van der Waals surface area contributed by atoms with Crippen molar-refractivity contribution in [3.05, 3.63) is 59.7 Å². The summed E-state index contributed by atoms with van der Waals surface area (Å²) in [5.41, 5.74) is 0.211. The van der Waals surface area contributed by atoms with Gasteiger partial charge in [-0.25, -0.2) is 0 Å². The van der Waals surface area contributed by atoms with E-state index in [1.165, 1.54) is 12.1 Å². The molecule has 0 radical (unpaired) electrons. The molecule has 0 fully saturated rings. The molecule has 2 aromatic rings. The summed E-state index contributed by atoms with van der Waals surface area (Å²) in [6, 6.07) is 11.7. The van der Waals surface area contributed by atoms with E-state index in [4.69, 9.17) is 4.74 Å². The van der Waals surface area contributed by atoms with Gasteiger partial charge in [0, 0.05) is 11.6 Å². The van der Waals surface area contributed by atoms with Crippen LogP contribution in [0.1, 0.15) is 25.0 Å². The standard InChI is InChI=1S/C21H23F3N2O3/c1-3-29-18-9-7-17(8-10-18)26-19(27)13-25-20(28)14(2)11-15-5-4-6-16(12-15)21(22,23)24/h4-10,12,14H,3,11,13H2,1-2H3,(H,25,28)(H,26,27). The summed E-state index contributed by atoms with van der Waals surface area (Å²) >= 11 is 0. The van der Waals surface area contributed by atoms with Crippen LogP contribution in [0.2, 0.25) is 0 Å². The average Bonchev–Trinajstić information content (AvgIpc) is 2.67. The highest BCUT2D eigenvalue weighted by Crippen LogP contribution is 2.30. The number of amides is 2. The molecule has 0 heterocycles. The maximum Gasteiger partial charge on any atom is 0.416 e. The number of ether oxygens (including phenoxy) is 1. The fourth-order valence-corrected chi connectivity index (χ4v) is 2.67. The molecule has 0 spiro atoms. The second kappa shape index (κ2) is 9.95. The Hall–Kier alpha value is -3.03. The van der Waals surface area contributed by atoms with Gasteiger partial charge in [-0.1, -0.05) is 25.1 Å². The van der Waals surface area contributed by atoms with E-state index in [0.29, 0.717) is 23.6 Å². The SMILES string of the molecule is CCOc1ccc(NC(=O)CNC(=O)C(C)Cc2cccc(C(F)(F)F)c2)cc1. The number of benzene rings is 2. The number of hydrogen-bond donors (Lipinski definition) is 2. The van der Waals surface area contributed by atoms with E-state index in [0.717, 1.165) is 12.1 Å². The van der Waals surface area contributed by atoms with Crippen molar-refractivity contribution in [3.63, 3.8) is 0 Å². The maximum absolute atomic E-state index is 12.8. The minimum absolute atomic E-state index is 0.135. The lowest BCUT2D eigenvalue weighted by molar-refractivity contribution is -0.137. The van der Waals surface area contributed by atoms with E-state index < -0.39 is 29.5 Å². The number of rotatable bonds is 8. The average molecular weight is 408 g/mol. The van der Waals surface area contributed by atoms with Gasteiger partial charge in [0.05, 0.1) is 18.7 Å². The minimum Gasteiger partial charge on any atom is -0.494 e. The van der Waals surface area contributed by atoms with E-state index in [-0.39, 0.29) is 13.0 Å². The van der Waals surface area contributed by atoms with Gasteiger partial charge >= 0.3 is 6.18 Å². The third kappa shape index (κ3) is 7.14. The van der Waals surface area contributed by atoms with Crippen LogP contribution in [0.5, 0.6) is 5.75 Å². The number of carbonyl (C=O) groups is 2. The molecule has 2 amide bonds. The van der Waals surface area contributed by atoms with Gasteiger partial charge in [0.25, 0.3) is 0 Å². The van der Waals surface area contributed by atoms with Gasteiger partial charge in [-0.15, -0.1) is 0 Å². The van der Waals surface area contributed by atoms with Crippen molar-refractivity contribution >= 4 is 17.5 Å². The topological polar surface area (TPSA) is 67.4 Å². The first kappa shape index (κ1) is 22.3. The van der Waals surface area contributed by atoms with Crippen LogP contribution in [0.3, 0.4) is 0 Å². The Morgan fingerprint density at radius 3 is 2.41 bits per heavy atom. The summed E-state index contributed by atoms with van der Waals surface area (Å²) in [4.78, 5) is 24.2. The van der Waals surface area contributed by atoms with Crippen molar-refractivity contribution in [2.45, 2.75) is 26.4 Å². The molecule has 156 valence electrons. The molecule has 2 aromatic carbocycles. The van der Waals surface area contributed by atoms with Crippen LogP contribution in [0.25, 0.3) is 0 Å². The molecule has 5 nitrogen and oxygen atoms in total. The quantitative estimate of drug-likeness (QED) is 0.693. The Kier molecular flexibility index (Phi) is 7.64. The normalized spacial score (nSPS) is 12.2. The molecular formula is C21H23F3N2O3. The van der Waals surface area contributed by atoms with Crippen LogP contribution in [-0.4, -0.2) is 25.0 Å². The summed E-state index contributed by atoms with van der Waals surface area (Å²) in [5, 5.41) is 5.15. The summed E-state index contributed by atoms with van der Waals surface area (Å²) in [7, 11) is 0. The summed E-state index contributed by atoms with van der Waals surface area (Å²) < 4.78 is 43.7. The van der Waals surface area contributed by atoms with Crippen molar-refractivity contribution in [2.24, 2.45) is 5.92 Å². The molecule has 0 saturated heterocycles. The fraction of sp³-hybridized carbons (Fsp3) is 0.333. The van der Waals surface area contributed by atoms with Gasteiger partial charge in [0.15, 0.2) is 0 Å². The Morgan fingerprint density at radius 1 is 1.10 bits per heavy atom. The Morgan fingerprint density at radius 2 is 1.79 bits per heavy atom. The zero-order valence-electron chi connectivity index (χ0n) is 16.2. The van der Waals surface area contributed by atoms with Gasteiger partial charge in [-0.05, 0) is 49.2 Å². The number of anilines is 1. The van der Waals surface area contributed by atoms with Crippen molar-refractivity contribution in [3.8, 4) is 5.75 Å². The van der Waals surface area contributed by atoms with Crippen LogP contribution in [0.15, 0.2) is 48.5 Å². The highest BCUT2D eigenvalue weighted by molar-refractivity contribution is 5.94. The predicted molar refractivity (Wildman–Crippen MR) is 104 cm³/mol. The summed E-state index contributed by atoms with van der Waals surface area (Å²) in [6.45, 7) is 3.77. The highest BCUT2D eigenvalue weighted by Gasteiger charge is 2.30. The smallest absolute Gasteiger partial charge is 0.416 e. The van der Waals surface area contributed by atoms with Gasteiger partial charge < -0.3 is 15.4 Å². The third-order valence-electron chi connectivity index (χ3n) is 4.12. The van der Waals surface area contributed by atoms with Gasteiger partial charge in [0.2, 0.25) is 11.8 Å². The summed E-state index contributed by atoms with van der Waals surface area (Å²) in [6.07, 6.45) is -4.29. The monoisotopic (exact) mass is 408 g/mol. The van der Waals surface area contributed by atoms with Crippen LogP contribution in [-0.2, 0) is 22.2 Å². The Balaban J connectivity index is 1.82. The summed E-state index contributed by atoms with van der Waals surface area (Å²) in [5.74, 6) is -0.725. The van der Waals surface area contributed by atoms with Crippen molar-refractivity contribution < 1.29 is 27.5 Å². The van der Waals surface area contributed by atoms with Crippen molar-refractivity contribution in [1.29, 1.82) is 0 Å². The number of carbonyl (C=O) groups excluding carboxylic acids is 2. The lowest BCUT2D eigenvalue weighted by atomic mass is 9.98. The Bertz CT molecular complexity index is 836. The zero-order valence-corrected chi connectivity index (χ0v) is 16.2. The molecule has 2 N–H and O–H groups in total. The fourth-order valence-electron chi connectivity index (χ4n) is 2.67. The number of nitrogens with one attached hydrogen (secondary N) is 2. The van der Waals surface area contributed by atoms with E-state index in [2.05, 4.69) is 10.6 Å². The molecule has 8 heteroatoms. The first-order valence-electron chi connectivity index (χ1n) is 9.15. The van der Waals surface area contributed by atoms with Gasteiger partial charge in [0.1, 0.15) is 5.75 Å². The predicted octanol–water partition coefficient (Wildman–Crippen LogP) is 4.04. The molecule has 1 atom stereocenters. The second-order valence-electron chi connectivity index (χ2n) is 6.53. The molecule has 1 unspecified atom stereocenters. The molecule has 0 aliphatic rings. The molecule has 0 aromatic heterocycles. The van der Waals surface area contributed by atoms with Crippen LogP contribution < -0.4 is 15.4 Å². The number of alkyl halides is 3. The minimum atomic E-state index is -4.43. The molecule has 0 aliphatic carbocycles. The number of hydrogen-bond acceptors (Lipinski definition) is 3. The second-order valence-corrected chi connectivity index (χ2v) is 6.53. The van der Waals surface area contributed by atoms with Crippen LogP contribution in [0, 0.1) is 5.92 Å². The Labute approximate surface area is 167 Å². The van der Waals surface area contributed by atoms with Crippen molar-refractivity contribution in [2.75, 3.05) is 18.5 Å². The van der Waals surface area contributed by atoms with E-state index in [9.17, 15) is 22.8 Å². The zero-order chi connectivity index (χ0) is 21.4. The maximum atomic E-state index is 12.8. The van der Waals surface area contributed by atoms with Crippen LogP contribution in [0.4, 0.5) is 18.9 Å². The third-order valence-corrected chi connectivity index (χ3v) is 4.12. The molecule has 0 aliphatic heterocycles. The van der Waals surface area contributed by atoms with Crippen LogP contribution >= 0.6 is 0 Å². The molecule has 0 bridgehead atoms. The number of halogens is 3. The van der Waals surface area contributed by atoms with E-state index in [1.54, 1.807) is 31.2 Å². The lowest BCUT2D eigenvalue weighted by Crippen LogP contribution is -2.36. The van der Waals surface area contributed by atoms with Gasteiger partial charge in [-0.2, -0.15) is 13.2 Å². The highest BCUT2D eigenvalue weighted by atomic mass is 19.4. The lowest BCUT2D eigenvalue weighted by Gasteiger charge is -2.14. The molecule has 2 rings (SSSR count). The first-order chi connectivity index (χ1) is 13.7. The molecule has 29 heavy (non-hydrogen) atoms. The van der Waals surface area contributed by atoms with E-state index >= 15 is 0 Å². The van der Waals surface area contributed by atoms with Gasteiger partial charge in [-0.3, -0.25) is 9.59 Å². The first-order valence-corrected chi connectivity index (χ1v) is 9.15. The van der Waals surface area contributed by atoms with Crippen molar-refractivity contribution in [1.82, 2.24) is 5.32 Å².